The molecule has 1 aromatic rings. The molecule has 0 heterocycles. The summed E-state index contributed by atoms with van der Waals surface area (Å²) in [6.45, 7) is 3.89. The lowest BCUT2D eigenvalue weighted by molar-refractivity contribution is 0.575. The number of hydrogen-bond donors (Lipinski definition) is 2. The van der Waals surface area contributed by atoms with Gasteiger partial charge in [0, 0.05) is 12.5 Å². The van der Waals surface area contributed by atoms with Crippen LogP contribution in [-0.2, 0) is 10.0 Å². The van der Waals surface area contributed by atoms with E-state index in [1.807, 2.05) is 6.92 Å². The molecule has 1 rings (SSSR count). The number of benzene rings is 1. The summed E-state index contributed by atoms with van der Waals surface area (Å²) in [6.07, 6.45) is 0. The van der Waals surface area contributed by atoms with E-state index in [-0.39, 0.29) is 17.4 Å². The SMILES string of the molecule is Cc1ccc(S(=O)(=O)NCC(C)C(N)=S)cc1. The van der Waals surface area contributed by atoms with Crippen molar-refractivity contribution in [2.45, 2.75) is 18.7 Å². The molecule has 0 saturated heterocycles. The van der Waals surface area contributed by atoms with Gasteiger partial charge in [-0.2, -0.15) is 0 Å². The predicted octanol–water partition coefficient (Wildman–Crippen LogP) is 1.20. The van der Waals surface area contributed by atoms with Gasteiger partial charge in [0.05, 0.1) is 9.88 Å². The van der Waals surface area contributed by atoms with E-state index in [0.717, 1.165) is 5.56 Å². The fourth-order valence-electron chi connectivity index (χ4n) is 1.14. The van der Waals surface area contributed by atoms with Crippen LogP contribution in [0.5, 0.6) is 0 Å². The molecule has 4 nitrogen and oxygen atoms in total. The Kier molecular flexibility index (Phi) is 4.62. The molecular weight excluding hydrogens is 256 g/mol. The average Bonchev–Trinajstić information content (AvgIpc) is 2.26. The third-order valence-electron chi connectivity index (χ3n) is 2.40. The van der Waals surface area contributed by atoms with Crippen molar-refractivity contribution in [3.8, 4) is 0 Å². The minimum atomic E-state index is -3.47. The van der Waals surface area contributed by atoms with Crippen LogP contribution in [0.2, 0.25) is 0 Å². The monoisotopic (exact) mass is 272 g/mol. The second-order valence-electron chi connectivity index (χ2n) is 3.97. The zero-order chi connectivity index (χ0) is 13.1. The highest BCUT2D eigenvalue weighted by molar-refractivity contribution is 7.89. The lowest BCUT2D eigenvalue weighted by Crippen LogP contribution is -2.33. The van der Waals surface area contributed by atoms with E-state index in [1.165, 1.54) is 0 Å². The fourth-order valence-corrected chi connectivity index (χ4v) is 2.35. The molecule has 0 saturated carbocycles. The van der Waals surface area contributed by atoms with Crippen molar-refractivity contribution in [2.75, 3.05) is 6.54 Å². The summed E-state index contributed by atoms with van der Waals surface area (Å²) in [7, 11) is -3.47. The van der Waals surface area contributed by atoms with E-state index in [4.69, 9.17) is 18.0 Å². The molecule has 1 aromatic carbocycles. The van der Waals surface area contributed by atoms with Gasteiger partial charge in [0.1, 0.15) is 0 Å². The topological polar surface area (TPSA) is 72.2 Å². The van der Waals surface area contributed by atoms with Crippen LogP contribution in [0.4, 0.5) is 0 Å². The van der Waals surface area contributed by atoms with Crippen LogP contribution in [0.25, 0.3) is 0 Å². The highest BCUT2D eigenvalue weighted by atomic mass is 32.2. The molecule has 0 aliphatic carbocycles. The largest absolute Gasteiger partial charge is 0.393 e. The molecule has 6 heteroatoms. The molecule has 94 valence electrons. The summed E-state index contributed by atoms with van der Waals surface area (Å²) in [5.41, 5.74) is 6.43. The molecule has 0 bridgehead atoms. The van der Waals surface area contributed by atoms with Gasteiger partial charge >= 0.3 is 0 Å². The molecular formula is C11H16N2O2S2. The minimum Gasteiger partial charge on any atom is -0.393 e. The second-order valence-corrected chi connectivity index (χ2v) is 6.21. The van der Waals surface area contributed by atoms with Gasteiger partial charge < -0.3 is 5.73 Å². The van der Waals surface area contributed by atoms with Crippen LogP contribution in [-0.4, -0.2) is 20.0 Å². The molecule has 1 atom stereocenters. The summed E-state index contributed by atoms with van der Waals surface area (Å²) in [5.74, 6) is -0.162. The maximum Gasteiger partial charge on any atom is 0.240 e. The Bertz CT molecular complexity index is 495. The average molecular weight is 272 g/mol. The van der Waals surface area contributed by atoms with Gasteiger partial charge in [0.25, 0.3) is 0 Å². The van der Waals surface area contributed by atoms with Crippen LogP contribution in [0.1, 0.15) is 12.5 Å². The van der Waals surface area contributed by atoms with Crippen molar-refractivity contribution in [1.82, 2.24) is 4.72 Å². The molecule has 0 aromatic heterocycles. The first-order valence-electron chi connectivity index (χ1n) is 5.18. The molecule has 1 unspecified atom stereocenters. The molecule has 0 radical (unpaired) electrons. The van der Waals surface area contributed by atoms with Crippen molar-refractivity contribution >= 4 is 27.2 Å². The summed E-state index contributed by atoms with van der Waals surface area (Å²) in [5, 5.41) is 0. The van der Waals surface area contributed by atoms with Gasteiger partial charge in [-0.15, -0.1) is 0 Å². The number of aryl methyl sites for hydroxylation is 1. The highest BCUT2D eigenvalue weighted by Gasteiger charge is 2.15. The smallest absolute Gasteiger partial charge is 0.240 e. The van der Waals surface area contributed by atoms with E-state index in [0.29, 0.717) is 4.99 Å². The molecule has 0 amide bonds. The first-order chi connectivity index (χ1) is 7.83. The zero-order valence-corrected chi connectivity index (χ0v) is 11.4. The number of nitrogens with one attached hydrogen (secondary N) is 1. The Hall–Kier alpha value is -0.980. The number of sulfonamides is 1. The van der Waals surface area contributed by atoms with E-state index in [9.17, 15) is 8.42 Å². The summed E-state index contributed by atoms with van der Waals surface area (Å²) < 4.78 is 26.2. The van der Waals surface area contributed by atoms with Gasteiger partial charge in [0.2, 0.25) is 10.0 Å². The van der Waals surface area contributed by atoms with Gasteiger partial charge in [-0.3, -0.25) is 0 Å². The third-order valence-corrected chi connectivity index (χ3v) is 4.24. The highest BCUT2D eigenvalue weighted by Crippen LogP contribution is 2.10. The molecule has 0 spiro atoms. The molecule has 0 aliphatic heterocycles. The van der Waals surface area contributed by atoms with Crippen molar-refractivity contribution in [2.24, 2.45) is 11.7 Å². The van der Waals surface area contributed by atoms with Crippen molar-refractivity contribution in [3.63, 3.8) is 0 Å². The first-order valence-corrected chi connectivity index (χ1v) is 7.07. The van der Waals surface area contributed by atoms with Crippen molar-refractivity contribution in [1.29, 1.82) is 0 Å². The van der Waals surface area contributed by atoms with Crippen LogP contribution < -0.4 is 10.5 Å². The van der Waals surface area contributed by atoms with Crippen molar-refractivity contribution < 1.29 is 8.42 Å². The summed E-state index contributed by atoms with van der Waals surface area (Å²) >= 11 is 4.78. The number of nitrogens with two attached hydrogens (primary N) is 1. The van der Waals surface area contributed by atoms with Gasteiger partial charge in [0.15, 0.2) is 0 Å². The quantitative estimate of drug-likeness (QED) is 0.790. The molecule has 0 aliphatic rings. The number of hydrogen-bond acceptors (Lipinski definition) is 3. The summed E-state index contributed by atoms with van der Waals surface area (Å²) in [4.78, 5) is 0.551. The summed E-state index contributed by atoms with van der Waals surface area (Å²) in [6, 6.07) is 6.66. The Balaban J connectivity index is 2.76. The van der Waals surface area contributed by atoms with E-state index in [2.05, 4.69) is 4.72 Å². The standard InChI is InChI=1S/C11H16N2O2S2/c1-8-3-5-10(6-4-8)17(14,15)13-7-9(2)11(12)16/h3-6,9,13H,7H2,1-2H3,(H2,12,16). The minimum absolute atomic E-state index is 0.162. The van der Waals surface area contributed by atoms with Gasteiger partial charge in [-0.05, 0) is 19.1 Å². The Morgan fingerprint density at radius 1 is 1.41 bits per heavy atom. The molecule has 3 N–H and O–H groups in total. The lowest BCUT2D eigenvalue weighted by Gasteiger charge is -2.11. The Morgan fingerprint density at radius 2 is 1.94 bits per heavy atom. The third kappa shape index (κ3) is 4.07. The van der Waals surface area contributed by atoms with Crippen LogP contribution in [0.15, 0.2) is 29.2 Å². The zero-order valence-electron chi connectivity index (χ0n) is 9.80. The molecule has 17 heavy (non-hydrogen) atoms. The fraction of sp³-hybridized carbons (Fsp3) is 0.364. The molecule has 0 fully saturated rings. The lowest BCUT2D eigenvalue weighted by atomic mass is 10.2. The van der Waals surface area contributed by atoms with Crippen LogP contribution >= 0.6 is 12.2 Å². The van der Waals surface area contributed by atoms with Crippen LogP contribution in [0, 0.1) is 12.8 Å². The van der Waals surface area contributed by atoms with E-state index >= 15 is 0 Å². The Labute approximate surface area is 107 Å². The normalized spacial score (nSPS) is 13.3. The number of rotatable bonds is 5. The maximum absolute atomic E-state index is 11.9. The maximum atomic E-state index is 11.9. The first kappa shape index (κ1) is 14.1. The predicted molar refractivity (Wildman–Crippen MR) is 72.3 cm³/mol. The Morgan fingerprint density at radius 3 is 2.41 bits per heavy atom. The van der Waals surface area contributed by atoms with Gasteiger partial charge in [-0.25, -0.2) is 13.1 Å². The van der Waals surface area contributed by atoms with Gasteiger partial charge in [-0.1, -0.05) is 36.8 Å². The number of thiocarbonyl (C=S) groups is 1. The van der Waals surface area contributed by atoms with Crippen LogP contribution in [0.3, 0.4) is 0 Å². The van der Waals surface area contributed by atoms with E-state index < -0.39 is 10.0 Å². The van der Waals surface area contributed by atoms with E-state index in [1.54, 1.807) is 31.2 Å². The second kappa shape index (κ2) is 5.57. The van der Waals surface area contributed by atoms with Crippen molar-refractivity contribution in [3.05, 3.63) is 29.8 Å².